The minimum atomic E-state index is -0.905. The van der Waals surface area contributed by atoms with E-state index < -0.39 is 33.4 Å². The summed E-state index contributed by atoms with van der Waals surface area (Å²) in [6.45, 7) is -0.186. The van der Waals surface area contributed by atoms with Crippen LogP contribution in [0.4, 0.5) is 5.69 Å². The first-order chi connectivity index (χ1) is 15.3. The van der Waals surface area contributed by atoms with Crippen molar-refractivity contribution in [3.05, 3.63) is 80.5 Å². The maximum absolute atomic E-state index is 12.6. The largest absolute Gasteiger partial charge is 0.507 e. The lowest BCUT2D eigenvalue weighted by molar-refractivity contribution is -0.385. The Labute approximate surface area is 179 Å². The number of hydrogen-bond acceptors (Lipinski definition) is 9. The molecule has 0 saturated heterocycles. The average Bonchev–Trinajstić information content (AvgIpc) is 2.76. The van der Waals surface area contributed by atoms with E-state index in [1.807, 2.05) is 0 Å². The summed E-state index contributed by atoms with van der Waals surface area (Å²) in [5, 5.41) is 50.7. The zero-order chi connectivity index (χ0) is 23.0. The second-order valence-electron chi connectivity index (χ2n) is 6.81. The Hall–Kier alpha value is -4.73. The second-order valence-corrected chi connectivity index (χ2v) is 6.81. The van der Waals surface area contributed by atoms with E-state index in [4.69, 9.17) is 9.15 Å². The van der Waals surface area contributed by atoms with E-state index in [-0.39, 0.29) is 40.3 Å². The van der Waals surface area contributed by atoms with Crippen molar-refractivity contribution in [1.29, 1.82) is 0 Å². The summed E-state index contributed by atoms with van der Waals surface area (Å²) in [6.07, 6.45) is 0. The van der Waals surface area contributed by atoms with E-state index >= 15 is 0 Å². The van der Waals surface area contributed by atoms with Crippen molar-refractivity contribution in [3.8, 4) is 40.1 Å². The number of nitro groups is 1. The van der Waals surface area contributed by atoms with Crippen LogP contribution in [0, 0.1) is 10.1 Å². The van der Waals surface area contributed by atoms with Crippen molar-refractivity contribution in [2.24, 2.45) is 0 Å². The van der Waals surface area contributed by atoms with Crippen molar-refractivity contribution >= 4 is 16.7 Å². The van der Waals surface area contributed by atoms with E-state index in [1.165, 1.54) is 36.4 Å². The van der Waals surface area contributed by atoms with Crippen molar-refractivity contribution < 1.29 is 34.5 Å². The summed E-state index contributed by atoms with van der Waals surface area (Å²) in [7, 11) is 0. The molecule has 1 heterocycles. The monoisotopic (exact) mass is 437 g/mol. The number of nitrogens with zero attached hydrogens (tertiary/aromatic N) is 1. The number of fused-ring (bicyclic) bond motifs is 1. The van der Waals surface area contributed by atoms with Crippen LogP contribution in [0.5, 0.6) is 28.7 Å². The molecule has 3 aromatic carbocycles. The highest BCUT2D eigenvalue weighted by molar-refractivity contribution is 5.87. The molecule has 0 amide bonds. The van der Waals surface area contributed by atoms with Gasteiger partial charge in [-0.15, -0.1) is 0 Å². The van der Waals surface area contributed by atoms with Crippen LogP contribution in [0.1, 0.15) is 5.56 Å². The van der Waals surface area contributed by atoms with Gasteiger partial charge in [-0.05, 0) is 42.0 Å². The van der Waals surface area contributed by atoms with Crippen LogP contribution in [0.25, 0.3) is 22.3 Å². The van der Waals surface area contributed by atoms with Crippen LogP contribution in [0.3, 0.4) is 0 Å². The summed E-state index contributed by atoms with van der Waals surface area (Å²) >= 11 is 0. The minimum Gasteiger partial charge on any atom is -0.507 e. The molecular formula is C22H15NO9. The van der Waals surface area contributed by atoms with Gasteiger partial charge in [-0.3, -0.25) is 14.9 Å². The smallest absolute Gasteiger partial charge is 0.310 e. The first-order valence-corrected chi connectivity index (χ1v) is 9.16. The number of ether oxygens (including phenoxy) is 1. The van der Waals surface area contributed by atoms with Gasteiger partial charge in [-0.25, -0.2) is 0 Å². The zero-order valence-electron chi connectivity index (χ0n) is 16.2. The normalized spacial score (nSPS) is 10.9. The first kappa shape index (κ1) is 20.5. The minimum absolute atomic E-state index is 0.0181. The third-order valence-corrected chi connectivity index (χ3v) is 4.70. The Morgan fingerprint density at radius 1 is 0.938 bits per heavy atom. The van der Waals surface area contributed by atoms with Gasteiger partial charge in [-0.2, -0.15) is 0 Å². The Bertz CT molecular complexity index is 1430. The number of nitro benzene ring substituents is 1. The number of hydrogen-bond donors (Lipinski definition) is 4. The molecule has 0 aliphatic heterocycles. The second kappa shape index (κ2) is 7.84. The summed E-state index contributed by atoms with van der Waals surface area (Å²) in [5.41, 5.74) is -0.781. The molecule has 0 unspecified atom stereocenters. The number of phenolic OH excluding ortho intramolecular Hbond substituents is 3. The molecule has 10 nitrogen and oxygen atoms in total. The molecule has 0 atom stereocenters. The zero-order valence-corrected chi connectivity index (χ0v) is 16.2. The highest BCUT2D eigenvalue weighted by Gasteiger charge is 2.20. The molecular weight excluding hydrogens is 422 g/mol. The summed E-state index contributed by atoms with van der Waals surface area (Å²) < 4.78 is 11.1. The van der Waals surface area contributed by atoms with Gasteiger partial charge in [-0.1, -0.05) is 12.1 Å². The molecule has 0 saturated carbocycles. The van der Waals surface area contributed by atoms with Crippen molar-refractivity contribution in [2.45, 2.75) is 6.61 Å². The Balaban J connectivity index is 1.77. The summed E-state index contributed by atoms with van der Waals surface area (Å²) in [5.74, 6) is -2.42. The number of para-hydroxylation sites is 2. The Morgan fingerprint density at radius 2 is 1.69 bits per heavy atom. The van der Waals surface area contributed by atoms with E-state index in [9.17, 15) is 35.3 Å². The van der Waals surface area contributed by atoms with Crippen LogP contribution in [0.2, 0.25) is 0 Å². The molecule has 1 aromatic heterocycles. The molecule has 4 rings (SSSR count). The average molecular weight is 437 g/mol. The topological polar surface area (TPSA) is 164 Å². The lowest BCUT2D eigenvalue weighted by atomic mass is 10.1. The van der Waals surface area contributed by atoms with Crippen molar-refractivity contribution in [2.75, 3.05) is 0 Å². The molecule has 162 valence electrons. The standard InChI is InChI=1S/C22H15NO9/c24-14-6-5-12(9-15(14)25)22-21(28)20(27)19-16(26)7-11(8-18(19)32-22)10-31-17-4-2-1-3-13(17)23(29)30/h1-9,24-26,28H,10H2. The number of benzene rings is 3. The number of rotatable bonds is 5. The van der Waals surface area contributed by atoms with Crippen LogP contribution < -0.4 is 10.2 Å². The molecule has 10 heteroatoms. The molecule has 0 bridgehead atoms. The predicted molar refractivity (Wildman–Crippen MR) is 112 cm³/mol. The number of phenols is 3. The Morgan fingerprint density at radius 3 is 2.41 bits per heavy atom. The third kappa shape index (κ3) is 3.60. The lowest BCUT2D eigenvalue weighted by Gasteiger charge is -2.11. The van der Waals surface area contributed by atoms with Gasteiger partial charge >= 0.3 is 5.69 Å². The molecule has 0 fully saturated rings. The van der Waals surface area contributed by atoms with E-state index in [0.717, 1.165) is 12.1 Å². The van der Waals surface area contributed by atoms with Crippen molar-refractivity contribution in [1.82, 2.24) is 0 Å². The van der Waals surface area contributed by atoms with E-state index in [0.29, 0.717) is 5.56 Å². The van der Waals surface area contributed by atoms with Gasteiger partial charge in [0.2, 0.25) is 11.2 Å². The third-order valence-electron chi connectivity index (χ3n) is 4.70. The number of aromatic hydroxyl groups is 4. The van der Waals surface area contributed by atoms with E-state index in [1.54, 1.807) is 6.07 Å². The van der Waals surface area contributed by atoms with E-state index in [2.05, 4.69) is 0 Å². The fourth-order valence-corrected chi connectivity index (χ4v) is 3.18. The fraction of sp³-hybridized carbons (Fsp3) is 0.0455. The molecule has 0 spiro atoms. The van der Waals surface area contributed by atoms with Gasteiger partial charge in [0.05, 0.1) is 4.92 Å². The van der Waals surface area contributed by atoms with Crippen molar-refractivity contribution in [3.63, 3.8) is 0 Å². The van der Waals surface area contributed by atoms with Gasteiger partial charge in [0.15, 0.2) is 23.0 Å². The molecule has 0 aliphatic rings. The van der Waals surface area contributed by atoms with Crippen LogP contribution in [-0.2, 0) is 6.61 Å². The Kier molecular flexibility index (Phi) is 5.03. The summed E-state index contributed by atoms with van der Waals surface area (Å²) in [6, 6.07) is 12.0. The molecule has 0 radical (unpaired) electrons. The van der Waals surface area contributed by atoms with Crippen LogP contribution in [0.15, 0.2) is 63.8 Å². The molecule has 4 N–H and O–H groups in total. The maximum Gasteiger partial charge on any atom is 0.310 e. The van der Waals surface area contributed by atoms with Crippen LogP contribution >= 0.6 is 0 Å². The first-order valence-electron chi connectivity index (χ1n) is 9.16. The quantitative estimate of drug-likeness (QED) is 0.207. The molecule has 32 heavy (non-hydrogen) atoms. The highest BCUT2D eigenvalue weighted by Crippen LogP contribution is 2.37. The van der Waals surface area contributed by atoms with Gasteiger partial charge < -0.3 is 29.6 Å². The van der Waals surface area contributed by atoms with Gasteiger partial charge in [0.25, 0.3) is 0 Å². The lowest BCUT2D eigenvalue weighted by Crippen LogP contribution is -2.04. The highest BCUT2D eigenvalue weighted by atomic mass is 16.6. The maximum atomic E-state index is 12.6. The van der Waals surface area contributed by atoms with Gasteiger partial charge in [0.1, 0.15) is 23.3 Å². The molecule has 0 aliphatic carbocycles. The predicted octanol–water partition coefficient (Wildman–Crippen LogP) is 3.77. The fourth-order valence-electron chi connectivity index (χ4n) is 3.18. The van der Waals surface area contributed by atoms with Gasteiger partial charge in [0, 0.05) is 11.6 Å². The molecule has 4 aromatic rings. The summed E-state index contributed by atoms with van der Waals surface area (Å²) in [4.78, 5) is 23.2. The SMILES string of the molecule is O=c1c(O)c(-c2ccc(O)c(O)c2)oc2cc(COc3ccccc3[N+](=O)[O-])cc(O)c12. The van der Waals surface area contributed by atoms with Crippen LogP contribution in [-0.4, -0.2) is 25.3 Å².